The van der Waals surface area contributed by atoms with Gasteiger partial charge in [-0.05, 0) is 38.1 Å². The van der Waals surface area contributed by atoms with Crippen LogP contribution in [0.4, 0.5) is 10.3 Å². The highest BCUT2D eigenvalue weighted by molar-refractivity contribution is 6.40. The van der Waals surface area contributed by atoms with Crippen LogP contribution in [0.2, 0.25) is 0 Å². The molecule has 0 aliphatic rings. The molecule has 0 atom stereocenters. The van der Waals surface area contributed by atoms with E-state index in [0.717, 1.165) is 0 Å². The standard InChI is InChI=1S/C19H20FN7O/c1-19(2,28)15-8-3-5-11(24-15)9-23-10-14(27-22)17-16-12(20)6-4-7-13(16)25-18(21)26-17/h3-8,10,28H,9,22H2,1-2H3,(H2,21,25,26). The van der Waals surface area contributed by atoms with Gasteiger partial charge in [-0.15, -0.1) is 0 Å². The molecule has 0 aliphatic heterocycles. The van der Waals surface area contributed by atoms with E-state index in [2.05, 4.69) is 25.0 Å². The monoisotopic (exact) mass is 381 g/mol. The van der Waals surface area contributed by atoms with E-state index in [0.29, 0.717) is 16.9 Å². The lowest BCUT2D eigenvalue weighted by Crippen LogP contribution is -2.18. The first-order chi connectivity index (χ1) is 13.3. The Hall–Kier alpha value is -3.46. The van der Waals surface area contributed by atoms with Crippen molar-refractivity contribution in [3.8, 4) is 0 Å². The Morgan fingerprint density at radius 3 is 2.64 bits per heavy atom. The van der Waals surface area contributed by atoms with E-state index in [9.17, 15) is 9.50 Å². The third-order valence-electron chi connectivity index (χ3n) is 3.97. The quantitative estimate of drug-likeness (QED) is 0.351. The van der Waals surface area contributed by atoms with E-state index in [1.165, 1.54) is 18.3 Å². The van der Waals surface area contributed by atoms with Crippen LogP contribution >= 0.6 is 0 Å². The van der Waals surface area contributed by atoms with Crippen LogP contribution in [-0.2, 0) is 12.1 Å². The normalized spacial score (nSPS) is 12.8. The molecule has 5 N–H and O–H groups in total. The van der Waals surface area contributed by atoms with E-state index in [1.807, 2.05) is 0 Å². The Labute approximate surface area is 160 Å². The van der Waals surface area contributed by atoms with Crippen LogP contribution in [0.1, 0.15) is 30.9 Å². The summed E-state index contributed by atoms with van der Waals surface area (Å²) < 4.78 is 14.3. The van der Waals surface area contributed by atoms with Gasteiger partial charge in [0.15, 0.2) is 0 Å². The average Bonchev–Trinajstić information content (AvgIpc) is 2.64. The third kappa shape index (κ3) is 4.09. The number of hydrogen-bond acceptors (Lipinski definition) is 8. The summed E-state index contributed by atoms with van der Waals surface area (Å²) in [5.41, 5.74) is 6.50. The Morgan fingerprint density at radius 2 is 1.93 bits per heavy atom. The lowest BCUT2D eigenvalue weighted by Gasteiger charge is -2.16. The maximum atomic E-state index is 14.3. The van der Waals surface area contributed by atoms with Crippen LogP contribution in [0.3, 0.4) is 0 Å². The fourth-order valence-corrected chi connectivity index (χ4v) is 2.63. The first-order valence-electron chi connectivity index (χ1n) is 8.48. The minimum Gasteiger partial charge on any atom is -0.384 e. The molecule has 9 heteroatoms. The number of benzene rings is 1. The topological polar surface area (TPSA) is 136 Å². The van der Waals surface area contributed by atoms with Crippen molar-refractivity contribution in [2.45, 2.75) is 26.0 Å². The van der Waals surface area contributed by atoms with Crippen LogP contribution in [-0.4, -0.2) is 32.0 Å². The fraction of sp³-hybridized carbons (Fsp3) is 0.211. The Bertz CT molecular complexity index is 1070. The summed E-state index contributed by atoms with van der Waals surface area (Å²) in [6, 6.07) is 9.75. The molecule has 0 radical (unpaired) electrons. The van der Waals surface area contributed by atoms with Gasteiger partial charge in [0, 0.05) is 0 Å². The first-order valence-corrected chi connectivity index (χ1v) is 8.48. The van der Waals surface area contributed by atoms with Crippen molar-refractivity contribution >= 4 is 28.8 Å². The summed E-state index contributed by atoms with van der Waals surface area (Å²) in [5.74, 6) is 4.94. The molecule has 144 valence electrons. The molecule has 0 amide bonds. The predicted molar refractivity (Wildman–Crippen MR) is 106 cm³/mol. The average molecular weight is 381 g/mol. The van der Waals surface area contributed by atoms with E-state index >= 15 is 0 Å². The molecule has 0 unspecified atom stereocenters. The van der Waals surface area contributed by atoms with Gasteiger partial charge in [0.25, 0.3) is 0 Å². The Morgan fingerprint density at radius 1 is 1.18 bits per heavy atom. The van der Waals surface area contributed by atoms with Crippen molar-refractivity contribution in [1.29, 1.82) is 0 Å². The fourth-order valence-electron chi connectivity index (χ4n) is 2.63. The SMILES string of the molecule is CC(C)(O)c1cccc(CN=CC(=NN)c2nc(N)nc3cccc(F)c23)n1. The minimum absolute atomic E-state index is 0.0257. The van der Waals surface area contributed by atoms with Gasteiger partial charge in [-0.2, -0.15) is 5.10 Å². The van der Waals surface area contributed by atoms with Crippen molar-refractivity contribution in [3.05, 3.63) is 59.3 Å². The molecule has 8 nitrogen and oxygen atoms in total. The molecular weight excluding hydrogens is 361 g/mol. The van der Waals surface area contributed by atoms with Crippen LogP contribution < -0.4 is 11.6 Å². The van der Waals surface area contributed by atoms with Crippen LogP contribution in [0.25, 0.3) is 10.9 Å². The highest BCUT2D eigenvalue weighted by Gasteiger charge is 2.18. The molecule has 2 heterocycles. The highest BCUT2D eigenvalue weighted by atomic mass is 19.1. The number of hydrazone groups is 1. The van der Waals surface area contributed by atoms with Gasteiger partial charge in [-0.1, -0.05) is 12.1 Å². The number of aliphatic hydroxyl groups is 1. The first kappa shape index (κ1) is 19.3. The van der Waals surface area contributed by atoms with Gasteiger partial charge < -0.3 is 16.7 Å². The van der Waals surface area contributed by atoms with Crippen molar-refractivity contribution in [1.82, 2.24) is 15.0 Å². The van der Waals surface area contributed by atoms with Gasteiger partial charge >= 0.3 is 0 Å². The number of aromatic nitrogens is 3. The number of halogens is 1. The molecule has 3 aromatic rings. The van der Waals surface area contributed by atoms with Gasteiger partial charge in [-0.3, -0.25) is 9.98 Å². The number of nitrogen functional groups attached to an aromatic ring is 1. The van der Waals surface area contributed by atoms with E-state index in [1.54, 1.807) is 38.1 Å². The Kier molecular flexibility index (Phi) is 5.27. The van der Waals surface area contributed by atoms with Crippen molar-refractivity contribution in [2.75, 3.05) is 5.73 Å². The summed E-state index contributed by atoms with van der Waals surface area (Å²) in [6.07, 6.45) is 1.38. The smallest absolute Gasteiger partial charge is 0.221 e. The predicted octanol–water partition coefficient (Wildman–Crippen LogP) is 1.91. The summed E-state index contributed by atoms with van der Waals surface area (Å²) in [4.78, 5) is 16.8. The maximum absolute atomic E-state index is 14.3. The highest BCUT2D eigenvalue weighted by Crippen LogP contribution is 2.21. The minimum atomic E-state index is -1.06. The van der Waals surface area contributed by atoms with E-state index in [-0.39, 0.29) is 29.3 Å². The van der Waals surface area contributed by atoms with Crippen molar-refractivity contribution in [2.24, 2.45) is 15.9 Å². The van der Waals surface area contributed by atoms with Gasteiger partial charge in [0.2, 0.25) is 5.95 Å². The van der Waals surface area contributed by atoms with Crippen molar-refractivity contribution < 1.29 is 9.50 Å². The lowest BCUT2D eigenvalue weighted by molar-refractivity contribution is 0.0736. The number of aliphatic imine (C=N–C) groups is 1. The number of fused-ring (bicyclic) bond motifs is 1. The molecule has 0 saturated heterocycles. The van der Waals surface area contributed by atoms with Crippen molar-refractivity contribution in [3.63, 3.8) is 0 Å². The zero-order chi connectivity index (χ0) is 20.3. The number of anilines is 1. The van der Waals surface area contributed by atoms with Crippen LogP contribution in [0.5, 0.6) is 0 Å². The van der Waals surface area contributed by atoms with Crippen LogP contribution in [0, 0.1) is 5.82 Å². The maximum Gasteiger partial charge on any atom is 0.221 e. The summed E-state index contributed by atoms with van der Waals surface area (Å²) in [7, 11) is 0. The molecule has 2 aromatic heterocycles. The zero-order valence-electron chi connectivity index (χ0n) is 15.5. The van der Waals surface area contributed by atoms with Gasteiger partial charge in [0.1, 0.15) is 22.8 Å². The molecule has 0 fully saturated rings. The largest absolute Gasteiger partial charge is 0.384 e. The summed E-state index contributed by atoms with van der Waals surface area (Å²) in [6.45, 7) is 3.52. The third-order valence-corrected chi connectivity index (χ3v) is 3.97. The molecule has 0 spiro atoms. The van der Waals surface area contributed by atoms with Crippen LogP contribution in [0.15, 0.2) is 46.5 Å². The summed E-state index contributed by atoms with van der Waals surface area (Å²) in [5, 5.41) is 13.9. The summed E-state index contributed by atoms with van der Waals surface area (Å²) >= 11 is 0. The Balaban J connectivity index is 1.91. The molecule has 28 heavy (non-hydrogen) atoms. The molecular formula is C19H20FN7O. The van der Waals surface area contributed by atoms with Gasteiger partial charge in [0.05, 0.1) is 35.1 Å². The number of rotatable bonds is 5. The van der Waals surface area contributed by atoms with Gasteiger partial charge in [-0.25, -0.2) is 14.4 Å². The molecule has 0 saturated carbocycles. The second-order valence-corrected chi connectivity index (χ2v) is 6.62. The molecule has 1 aromatic carbocycles. The lowest BCUT2D eigenvalue weighted by atomic mass is 10.0. The number of hydrogen-bond donors (Lipinski definition) is 3. The number of nitrogens with zero attached hydrogens (tertiary/aromatic N) is 5. The van der Waals surface area contributed by atoms with E-state index in [4.69, 9.17) is 11.6 Å². The second-order valence-electron chi connectivity index (χ2n) is 6.62. The molecule has 0 aliphatic carbocycles. The number of nitrogens with two attached hydrogens (primary N) is 2. The zero-order valence-corrected chi connectivity index (χ0v) is 15.5. The number of pyridine rings is 1. The van der Waals surface area contributed by atoms with E-state index < -0.39 is 11.4 Å². The molecule has 3 rings (SSSR count). The second kappa shape index (κ2) is 7.65. The molecule has 0 bridgehead atoms.